The van der Waals surface area contributed by atoms with E-state index in [0.717, 1.165) is 33.3 Å². The molecule has 45 heavy (non-hydrogen) atoms. The second kappa shape index (κ2) is 12.5. The Morgan fingerprint density at radius 1 is 1.07 bits per heavy atom. The van der Waals surface area contributed by atoms with E-state index in [4.69, 9.17) is 32.9 Å². The minimum Gasteiger partial charge on any atom is -0.463 e. The fourth-order valence-corrected chi connectivity index (χ4v) is 7.46. The molecule has 5 aromatic rings. The van der Waals surface area contributed by atoms with Crippen molar-refractivity contribution in [1.29, 1.82) is 0 Å². The highest BCUT2D eigenvalue weighted by molar-refractivity contribution is 7.07. The first-order chi connectivity index (χ1) is 21.6. The molecule has 0 bridgehead atoms. The van der Waals surface area contributed by atoms with Crippen molar-refractivity contribution < 1.29 is 9.53 Å². The number of hydrogen-bond acceptors (Lipinski definition) is 5. The highest BCUT2D eigenvalue weighted by atomic mass is 35.5. The third-order valence-electron chi connectivity index (χ3n) is 8.33. The summed E-state index contributed by atoms with van der Waals surface area (Å²) in [5.41, 5.74) is 6.64. The van der Waals surface area contributed by atoms with Gasteiger partial charge in [0.25, 0.3) is 5.56 Å². The fraction of sp³-hybridized carbons (Fsp3) is 0.250. The van der Waals surface area contributed by atoms with Crippen molar-refractivity contribution >= 4 is 57.5 Å². The Hall–Kier alpha value is -3.91. The number of aromatic nitrogens is 2. The van der Waals surface area contributed by atoms with Crippen LogP contribution in [-0.2, 0) is 16.1 Å². The van der Waals surface area contributed by atoms with Gasteiger partial charge in [-0.25, -0.2) is 9.79 Å². The quantitative estimate of drug-likeness (QED) is 0.170. The third kappa shape index (κ3) is 5.69. The predicted molar refractivity (Wildman–Crippen MR) is 183 cm³/mol. The summed E-state index contributed by atoms with van der Waals surface area (Å²) in [4.78, 5) is 32.9. The second-order valence-electron chi connectivity index (χ2n) is 11.5. The van der Waals surface area contributed by atoms with Gasteiger partial charge in [-0.05, 0) is 67.7 Å². The lowest BCUT2D eigenvalue weighted by Gasteiger charge is -2.25. The van der Waals surface area contributed by atoms with Gasteiger partial charge in [0.15, 0.2) is 4.80 Å². The zero-order chi connectivity index (χ0) is 32.0. The molecule has 3 aromatic carbocycles. The number of benzene rings is 3. The van der Waals surface area contributed by atoms with Crippen molar-refractivity contribution in [3.8, 4) is 0 Å². The van der Waals surface area contributed by atoms with Crippen molar-refractivity contribution in [3.63, 3.8) is 0 Å². The smallest absolute Gasteiger partial charge is 0.338 e. The van der Waals surface area contributed by atoms with Crippen LogP contribution in [-0.4, -0.2) is 21.7 Å². The van der Waals surface area contributed by atoms with Gasteiger partial charge in [-0.1, -0.05) is 96.9 Å². The fourth-order valence-electron chi connectivity index (χ4n) is 5.97. The summed E-state index contributed by atoms with van der Waals surface area (Å²) in [6.07, 6.45) is 1.95. The van der Waals surface area contributed by atoms with E-state index in [1.54, 1.807) is 24.5 Å². The molecule has 0 saturated carbocycles. The van der Waals surface area contributed by atoms with Crippen LogP contribution in [0.4, 0.5) is 0 Å². The summed E-state index contributed by atoms with van der Waals surface area (Å²) >= 11 is 14.0. The van der Waals surface area contributed by atoms with Crippen LogP contribution in [0.5, 0.6) is 0 Å². The van der Waals surface area contributed by atoms with E-state index in [2.05, 4.69) is 49.6 Å². The molecule has 0 N–H and O–H groups in total. The zero-order valence-electron chi connectivity index (χ0n) is 25.7. The lowest BCUT2D eigenvalue weighted by molar-refractivity contribution is -0.139. The minimum absolute atomic E-state index is 0.206. The molecule has 3 heterocycles. The van der Waals surface area contributed by atoms with Gasteiger partial charge in [0.05, 0.1) is 28.5 Å². The summed E-state index contributed by atoms with van der Waals surface area (Å²) in [5, 5.41) is 2.21. The molecule has 0 unspecified atom stereocenters. The molecule has 6 rings (SSSR count). The van der Waals surface area contributed by atoms with Crippen LogP contribution in [0.1, 0.15) is 67.6 Å². The normalized spacial score (nSPS) is 15.1. The van der Waals surface area contributed by atoms with Crippen LogP contribution in [0, 0.1) is 6.92 Å². The molecule has 0 fully saturated rings. The Bertz CT molecular complexity index is 2170. The number of thiazole rings is 1. The van der Waals surface area contributed by atoms with Crippen molar-refractivity contribution in [2.45, 2.75) is 53.1 Å². The van der Waals surface area contributed by atoms with Gasteiger partial charge in [-0.2, -0.15) is 0 Å². The molecule has 2 aromatic heterocycles. The largest absolute Gasteiger partial charge is 0.463 e. The molecule has 230 valence electrons. The van der Waals surface area contributed by atoms with Crippen molar-refractivity contribution in [2.75, 3.05) is 6.61 Å². The summed E-state index contributed by atoms with van der Waals surface area (Å²) < 4.78 is 9.84. The van der Waals surface area contributed by atoms with Gasteiger partial charge in [0.1, 0.15) is 0 Å². The molecule has 1 aliphatic heterocycles. The van der Waals surface area contributed by atoms with E-state index in [1.165, 1.54) is 16.9 Å². The average molecular weight is 659 g/mol. The van der Waals surface area contributed by atoms with E-state index in [-0.39, 0.29) is 12.2 Å². The summed E-state index contributed by atoms with van der Waals surface area (Å²) in [6.45, 7) is 10.7. The Kier molecular flexibility index (Phi) is 8.61. The Morgan fingerprint density at radius 2 is 1.80 bits per heavy atom. The molecule has 9 heteroatoms. The lowest BCUT2D eigenvalue weighted by atomic mass is 9.93. The molecule has 0 spiro atoms. The molecule has 0 amide bonds. The highest BCUT2D eigenvalue weighted by Gasteiger charge is 2.33. The number of carbonyl (C=O) groups excluding carboxylic acids is 1. The predicted octanol–water partition coefficient (Wildman–Crippen LogP) is 7.54. The van der Waals surface area contributed by atoms with Gasteiger partial charge in [0, 0.05) is 38.8 Å². The topological polar surface area (TPSA) is 65.6 Å². The molecule has 0 radical (unpaired) electrons. The maximum atomic E-state index is 14.3. The monoisotopic (exact) mass is 657 g/mol. The number of para-hydroxylation sites is 1. The number of allylic oxidation sites excluding steroid dienone is 1. The van der Waals surface area contributed by atoms with Gasteiger partial charge in [-0.3, -0.25) is 9.36 Å². The van der Waals surface area contributed by atoms with Crippen LogP contribution in [0.15, 0.2) is 87.8 Å². The molecule has 1 atom stereocenters. The van der Waals surface area contributed by atoms with Crippen LogP contribution in [0.25, 0.3) is 17.0 Å². The molecule has 0 aliphatic carbocycles. The van der Waals surface area contributed by atoms with Crippen LogP contribution >= 0.6 is 34.5 Å². The number of halogens is 2. The minimum atomic E-state index is -0.654. The number of nitrogens with zero attached hydrogens (tertiary/aromatic N) is 3. The number of ether oxygens (including phenoxy) is 1. The van der Waals surface area contributed by atoms with Crippen LogP contribution in [0.2, 0.25) is 10.0 Å². The Balaban J connectivity index is 1.53. The maximum Gasteiger partial charge on any atom is 0.338 e. The van der Waals surface area contributed by atoms with E-state index >= 15 is 0 Å². The summed E-state index contributed by atoms with van der Waals surface area (Å²) in [7, 11) is 0. The van der Waals surface area contributed by atoms with Crippen LogP contribution in [0.3, 0.4) is 0 Å². The number of esters is 1. The van der Waals surface area contributed by atoms with Gasteiger partial charge < -0.3 is 9.30 Å². The number of hydrogen-bond donors (Lipinski definition) is 0. The maximum absolute atomic E-state index is 14.3. The molecule has 0 saturated heterocycles. The Labute approximate surface area is 275 Å². The third-order valence-corrected chi connectivity index (χ3v) is 9.90. The average Bonchev–Trinajstić information content (AvgIpc) is 3.46. The molecular formula is C36H33Cl2N3O3S. The van der Waals surface area contributed by atoms with Crippen molar-refractivity contribution in [2.24, 2.45) is 4.99 Å². The highest BCUT2D eigenvalue weighted by Crippen LogP contribution is 2.32. The first-order valence-corrected chi connectivity index (χ1v) is 16.5. The SMILES string of the molecule is CCOC(=O)C1=C(C)N=c2s/c(=C\c3c(C)n(Cc4ccc(Cl)cc4Cl)c4ccccc34)c(=O)n2[C@@H]1c1ccc(C(C)C)cc1. The Morgan fingerprint density at radius 3 is 2.49 bits per heavy atom. The number of fused-ring (bicyclic) bond motifs is 2. The number of rotatable bonds is 7. The standard InChI is InChI=1S/C36H33Cl2N3O3S/c1-6-44-35(43)32-21(4)39-36-41(33(32)24-13-11-23(12-14-24)20(2)3)34(42)31(45-36)18-28-22(5)40(30-10-8-7-9-27(28)30)19-25-15-16-26(37)17-29(25)38/h7-18,20,33H,6,19H2,1-5H3/b31-18-/t33-/m1/s1. The summed E-state index contributed by atoms with van der Waals surface area (Å²) in [6, 6.07) is 21.1. The first-order valence-electron chi connectivity index (χ1n) is 14.9. The van der Waals surface area contributed by atoms with Gasteiger partial charge in [0.2, 0.25) is 0 Å². The van der Waals surface area contributed by atoms with E-state index in [0.29, 0.717) is 43.1 Å². The van der Waals surface area contributed by atoms with E-state index in [9.17, 15) is 9.59 Å². The second-order valence-corrected chi connectivity index (χ2v) is 13.3. The molecular weight excluding hydrogens is 625 g/mol. The zero-order valence-corrected chi connectivity index (χ0v) is 28.1. The number of carbonyl (C=O) groups is 1. The lowest BCUT2D eigenvalue weighted by Crippen LogP contribution is -2.40. The van der Waals surface area contributed by atoms with Crippen molar-refractivity contribution in [1.82, 2.24) is 9.13 Å². The first kappa shape index (κ1) is 31.1. The van der Waals surface area contributed by atoms with Gasteiger partial charge in [-0.15, -0.1) is 0 Å². The molecule has 1 aliphatic rings. The summed E-state index contributed by atoms with van der Waals surface area (Å²) in [5.74, 6) is -0.116. The van der Waals surface area contributed by atoms with Gasteiger partial charge >= 0.3 is 5.97 Å². The van der Waals surface area contributed by atoms with Crippen molar-refractivity contribution in [3.05, 3.63) is 136 Å². The van der Waals surface area contributed by atoms with E-state index in [1.807, 2.05) is 42.5 Å². The molecule has 6 nitrogen and oxygen atoms in total. The van der Waals surface area contributed by atoms with Crippen LogP contribution < -0.4 is 14.9 Å². The van der Waals surface area contributed by atoms with E-state index < -0.39 is 12.0 Å².